The first kappa shape index (κ1) is 15.9. The van der Waals surface area contributed by atoms with Gasteiger partial charge in [-0.3, -0.25) is 19.4 Å². The van der Waals surface area contributed by atoms with Gasteiger partial charge < -0.3 is 0 Å². The topological polar surface area (TPSA) is 40.6 Å². The fourth-order valence-electron chi connectivity index (χ4n) is 3.15. The summed E-state index contributed by atoms with van der Waals surface area (Å²) in [5, 5.41) is 0. The molecule has 2 aromatic rings. The Bertz CT molecular complexity index is 847. The lowest BCUT2D eigenvalue weighted by Crippen LogP contribution is -2.41. The first-order valence-corrected chi connectivity index (χ1v) is 8.17. The van der Waals surface area contributed by atoms with Gasteiger partial charge in [-0.25, -0.2) is 8.78 Å². The Kier molecular flexibility index (Phi) is 3.84. The zero-order valence-electron chi connectivity index (χ0n) is 13.4. The third-order valence-corrected chi connectivity index (χ3v) is 4.62. The Morgan fingerprint density at radius 2 is 1.68 bits per heavy atom. The van der Waals surface area contributed by atoms with Crippen LogP contribution in [0.25, 0.3) is 0 Å². The van der Waals surface area contributed by atoms with Crippen LogP contribution < -0.4 is 4.90 Å². The van der Waals surface area contributed by atoms with Gasteiger partial charge in [-0.15, -0.1) is 0 Å². The lowest BCUT2D eigenvalue weighted by Gasteiger charge is -2.28. The molecule has 0 N–H and O–H groups in total. The first-order valence-electron chi connectivity index (χ1n) is 8.17. The maximum Gasteiger partial charge on any atom is 0.300 e. The second-order valence-electron chi connectivity index (χ2n) is 6.47. The van der Waals surface area contributed by atoms with E-state index < -0.39 is 17.5 Å². The summed E-state index contributed by atoms with van der Waals surface area (Å²) in [4.78, 5) is 27.8. The summed E-state index contributed by atoms with van der Waals surface area (Å²) in [6.07, 6.45) is 2.01. The summed E-state index contributed by atoms with van der Waals surface area (Å²) in [7, 11) is 0. The fraction of sp³-hybridized carbons (Fsp3) is 0.263. The van der Waals surface area contributed by atoms with E-state index in [1.165, 1.54) is 35.2 Å². The SMILES string of the molecule is O=C1C(=O)N(CN(Cc2ccc(F)cc2)C2CC2)c2cc(F)ccc21. The summed E-state index contributed by atoms with van der Waals surface area (Å²) in [6.45, 7) is 0.747. The van der Waals surface area contributed by atoms with Crippen LogP contribution in [0.15, 0.2) is 42.5 Å². The Hall–Kier alpha value is -2.60. The highest BCUT2D eigenvalue weighted by Gasteiger charge is 2.39. The lowest BCUT2D eigenvalue weighted by atomic mass is 10.1. The minimum atomic E-state index is -0.634. The second-order valence-corrected chi connectivity index (χ2v) is 6.47. The van der Waals surface area contributed by atoms with Gasteiger partial charge >= 0.3 is 5.91 Å². The molecular formula is C19H16F2N2O2. The van der Waals surface area contributed by atoms with E-state index in [1.54, 1.807) is 12.1 Å². The van der Waals surface area contributed by atoms with Gasteiger partial charge in [0.2, 0.25) is 0 Å². The average Bonchev–Trinajstić information content (AvgIpc) is 3.41. The van der Waals surface area contributed by atoms with E-state index in [4.69, 9.17) is 0 Å². The van der Waals surface area contributed by atoms with Crippen molar-refractivity contribution in [1.82, 2.24) is 4.90 Å². The minimum Gasteiger partial charge on any atom is -0.291 e. The third-order valence-electron chi connectivity index (χ3n) is 4.62. The molecule has 0 aromatic heterocycles. The maximum atomic E-state index is 13.6. The van der Waals surface area contributed by atoms with Gasteiger partial charge in [0, 0.05) is 12.6 Å². The number of carbonyl (C=O) groups excluding carboxylic acids is 2. The molecule has 0 atom stereocenters. The van der Waals surface area contributed by atoms with E-state index in [1.807, 2.05) is 0 Å². The molecule has 0 unspecified atom stereocenters. The van der Waals surface area contributed by atoms with Gasteiger partial charge in [0.05, 0.1) is 17.9 Å². The van der Waals surface area contributed by atoms with Crippen molar-refractivity contribution < 1.29 is 18.4 Å². The molecule has 6 heteroatoms. The number of ketones is 1. The molecule has 2 aliphatic rings. The molecule has 4 nitrogen and oxygen atoms in total. The van der Waals surface area contributed by atoms with E-state index in [2.05, 4.69) is 4.90 Å². The van der Waals surface area contributed by atoms with Crippen molar-refractivity contribution in [3.05, 3.63) is 65.2 Å². The quantitative estimate of drug-likeness (QED) is 0.784. The van der Waals surface area contributed by atoms with Crippen molar-refractivity contribution in [3.63, 3.8) is 0 Å². The molecule has 1 aliphatic carbocycles. The summed E-state index contributed by atoms with van der Waals surface area (Å²) >= 11 is 0. The van der Waals surface area contributed by atoms with Crippen molar-refractivity contribution in [1.29, 1.82) is 0 Å². The normalized spacial score (nSPS) is 16.7. The molecule has 1 fully saturated rings. The van der Waals surface area contributed by atoms with E-state index in [0.29, 0.717) is 18.3 Å². The number of fused-ring (bicyclic) bond motifs is 1. The zero-order valence-corrected chi connectivity index (χ0v) is 13.4. The molecule has 1 aliphatic heterocycles. The van der Waals surface area contributed by atoms with Crippen molar-refractivity contribution in [2.45, 2.75) is 25.4 Å². The van der Waals surface area contributed by atoms with Crippen LogP contribution in [0.5, 0.6) is 0 Å². The molecule has 4 rings (SSSR count). The highest BCUT2D eigenvalue weighted by molar-refractivity contribution is 6.52. The summed E-state index contributed by atoms with van der Waals surface area (Å²) in [5.41, 5.74) is 1.48. The smallest absolute Gasteiger partial charge is 0.291 e. The van der Waals surface area contributed by atoms with Crippen LogP contribution in [-0.2, 0) is 11.3 Å². The van der Waals surface area contributed by atoms with Crippen LogP contribution in [0, 0.1) is 11.6 Å². The summed E-state index contributed by atoms with van der Waals surface area (Å²) in [6, 6.07) is 10.3. The predicted molar refractivity (Wildman–Crippen MR) is 88.0 cm³/mol. The van der Waals surface area contributed by atoms with E-state index >= 15 is 0 Å². The molecule has 0 saturated heterocycles. The third kappa shape index (κ3) is 3.05. The standard InChI is InChI=1S/C19H16F2N2O2/c20-13-3-1-12(2-4-13)10-22(15-6-7-15)11-23-17-9-14(21)5-8-16(17)18(24)19(23)25/h1-5,8-9,15H,6-7,10-11H2. The van der Waals surface area contributed by atoms with E-state index in [9.17, 15) is 18.4 Å². The largest absolute Gasteiger partial charge is 0.300 e. The number of nitrogens with zero attached hydrogens (tertiary/aromatic N) is 2. The van der Waals surface area contributed by atoms with Gasteiger partial charge in [-0.05, 0) is 48.7 Å². The number of rotatable bonds is 5. The van der Waals surface area contributed by atoms with Gasteiger partial charge in [0.25, 0.3) is 5.78 Å². The van der Waals surface area contributed by atoms with Crippen molar-refractivity contribution in [2.75, 3.05) is 11.6 Å². The summed E-state index contributed by atoms with van der Waals surface area (Å²) < 4.78 is 26.7. The number of amides is 1. The Labute approximate surface area is 143 Å². The van der Waals surface area contributed by atoms with Gasteiger partial charge in [0.15, 0.2) is 0 Å². The van der Waals surface area contributed by atoms with Crippen molar-refractivity contribution >= 4 is 17.4 Å². The molecule has 0 bridgehead atoms. The Balaban J connectivity index is 1.58. The predicted octanol–water partition coefficient (Wildman–Crippen LogP) is 3.12. The molecule has 1 amide bonds. The highest BCUT2D eigenvalue weighted by Crippen LogP contribution is 2.33. The molecule has 2 aromatic carbocycles. The molecule has 0 spiro atoms. The van der Waals surface area contributed by atoms with Crippen molar-refractivity contribution in [2.24, 2.45) is 0 Å². The average molecular weight is 342 g/mol. The van der Waals surface area contributed by atoms with Gasteiger partial charge in [-0.2, -0.15) is 0 Å². The first-order chi connectivity index (χ1) is 12.0. The molecule has 1 saturated carbocycles. The van der Waals surface area contributed by atoms with Crippen LogP contribution >= 0.6 is 0 Å². The molecule has 0 radical (unpaired) electrons. The van der Waals surface area contributed by atoms with Gasteiger partial charge in [-0.1, -0.05) is 12.1 Å². The molecular weight excluding hydrogens is 326 g/mol. The number of hydrogen-bond acceptors (Lipinski definition) is 3. The Morgan fingerprint density at radius 1 is 1.00 bits per heavy atom. The minimum absolute atomic E-state index is 0.211. The molecule has 25 heavy (non-hydrogen) atoms. The second kappa shape index (κ2) is 6.04. The zero-order chi connectivity index (χ0) is 17.6. The van der Waals surface area contributed by atoms with Crippen LogP contribution in [0.3, 0.4) is 0 Å². The lowest BCUT2D eigenvalue weighted by molar-refractivity contribution is -0.114. The number of carbonyl (C=O) groups is 2. The fourth-order valence-corrected chi connectivity index (χ4v) is 3.15. The molecule has 1 heterocycles. The van der Waals surface area contributed by atoms with Gasteiger partial charge in [0.1, 0.15) is 11.6 Å². The highest BCUT2D eigenvalue weighted by atomic mass is 19.1. The molecule has 128 valence electrons. The number of Topliss-reactive ketones (excluding diaryl/α,β-unsaturated/α-hetero) is 1. The van der Waals surface area contributed by atoms with Crippen LogP contribution in [-0.4, -0.2) is 29.3 Å². The van der Waals surface area contributed by atoms with Crippen molar-refractivity contribution in [3.8, 4) is 0 Å². The maximum absolute atomic E-state index is 13.6. The number of hydrogen-bond donors (Lipinski definition) is 0. The Morgan fingerprint density at radius 3 is 2.36 bits per heavy atom. The number of benzene rings is 2. The van der Waals surface area contributed by atoms with E-state index in [0.717, 1.165) is 18.4 Å². The number of halogens is 2. The summed E-state index contributed by atoms with van der Waals surface area (Å²) in [5.74, 6) is -2.02. The van der Waals surface area contributed by atoms with Crippen LogP contribution in [0.4, 0.5) is 14.5 Å². The van der Waals surface area contributed by atoms with Crippen LogP contribution in [0.1, 0.15) is 28.8 Å². The monoisotopic (exact) mass is 342 g/mol. The number of anilines is 1. The van der Waals surface area contributed by atoms with E-state index in [-0.39, 0.29) is 18.0 Å². The van der Waals surface area contributed by atoms with Crippen LogP contribution in [0.2, 0.25) is 0 Å².